The smallest absolute Gasteiger partial charge is 0.331 e. The molecule has 0 atom stereocenters. The van der Waals surface area contributed by atoms with Gasteiger partial charge in [0.1, 0.15) is 12.1 Å². The van der Waals surface area contributed by atoms with E-state index in [-0.39, 0.29) is 28.0 Å². The van der Waals surface area contributed by atoms with Gasteiger partial charge in [0, 0.05) is 10.6 Å². The van der Waals surface area contributed by atoms with Gasteiger partial charge in [-0.05, 0) is 48.5 Å². The number of amides is 2. The van der Waals surface area contributed by atoms with Gasteiger partial charge in [-0.1, -0.05) is 35.9 Å². The summed E-state index contributed by atoms with van der Waals surface area (Å²) in [4.78, 5) is 51.8. The number of para-hydroxylation sites is 1. The number of carbonyl (C=O) groups is 3. The molecule has 2 heterocycles. The first-order valence-electron chi connectivity index (χ1n) is 9.92. The number of carbonyl (C=O) groups excluding carboxylic acids is 3. The largest absolute Gasteiger partial charge is 0.452 e. The van der Waals surface area contributed by atoms with E-state index in [2.05, 4.69) is 0 Å². The summed E-state index contributed by atoms with van der Waals surface area (Å²) in [7, 11) is 0. The average Bonchev–Trinajstić information content (AvgIpc) is 3.06. The molecule has 33 heavy (non-hydrogen) atoms. The molecule has 0 bridgehead atoms. The van der Waals surface area contributed by atoms with Crippen molar-refractivity contribution in [2.24, 2.45) is 0 Å². The third kappa shape index (κ3) is 3.58. The Morgan fingerprint density at radius 2 is 1.45 bits per heavy atom. The summed E-state index contributed by atoms with van der Waals surface area (Å²) in [5, 5.41) is 0.699. The second-order valence-electron chi connectivity index (χ2n) is 7.31. The SMILES string of the molecule is O=C(CN1C(=O)c2ccccc2C1=O)Oc1c(-c2ccc(Cl)cc2)oc2ccccc2c1=O. The molecule has 0 saturated carbocycles. The van der Waals surface area contributed by atoms with E-state index in [9.17, 15) is 19.2 Å². The van der Waals surface area contributed by atoms with Crippen molar-refractivity contribution in [1.82, 2.24) is 4.90 Å². The van der Waals surface area contributed by atoms with Crippen molar-refractivity contribution >= 4 is 40.4 Å². The number of benzene rings is 3. The predicted molar refractivity (Wildman–Crippen MR) is 120 cm³/mol. The standard InChI is InChI=1S/C25H14ClNO6/c26-15-11-9-14(10-12-15)22-23(21(29)18-7-3-4-8-19(18)32-22)33-20(28)13-27-24(30)16-5-1-2-6-17(16)25(27)31/h1-12H,13H2. The molecule has 0 N–H and O–H groups in total. The number of fused-ring (bicyclic) bond motifs is 2. The number of rotatable bonds is 4. The first-order valence-corrected chi connectivity index (χ1v) is 10.3. The van der Waals surface area contributed by atoms with Gasteiger partial charge in [-0.2, -0.15) is 0 Å². The summed E-state index contributed by atoms with van der Waals surface area (Å²) >= 11 is 5.96. The minimum absolute atomic E-state index is 0.0334. The predicted octanol–water partition coefficient (Wildman–Crippen LogP) is 4.32. The third-order valence-electron chi connectivity index (χ3n) is 5.24. The molecule has 2 amide bonds. The Morgan fingerprint density at radius 1 is 0.848 bits per heavy atom. The second-order valence-corrected chi connectivity index (χ2v) is 7.75. The number of hydrogen-bond acceptors (Lipinski definition) is 6. The fraction of sp³-hybridized carbons (Fsp3) is 0.0400. The molecule has 0 radical (unpaired) electrons. The van der Waals surface area contributed by atoms with Crippen molar-refractivity contribution in [3.63, 3.8) is 0 Å². The number of esters is 1. The summed E-state index contributed by atoms with van der Waals surface area (Å²) < 4.78 is 11.3. The van der Waals surface area contributed by atoms with Crippen LogP contribution in [-0.4, -0.2) is 29.2 Å². The van der Waals surface area contributed by atoms with Gasteiger partial charge in [-0.15, -0.1) is 0 Å². The van der Waals surface area contributed by atoms with Crippen LogP contribution in [0.4, 0.5) is 0 Å². The molecule has 5 rings (SSSR count). The lowest BCUT2D eigenvalue weighted by atomic mass is 10.1. The van der Waals surface area contributed by atoms with Crippen LogP contribution in [0.1, 0.15) is 20.7 Å². The third-order valence-corrected chi connectivity index (χ3v) is 5.50. The molecule has 0 saturated heterocycles. The van der Waals surface area contributed by atoms with Gasteiger partial charge in [0.25, 0.3) is 11.8 Å². The summed E-state index contributed by atoms with van der Waals surface area (Å²) in [6, 6.07) is 19.3. The molecule has 0 spiro atoms. The quantitative estimate of drug-likeness (QED) is 0.333. The Morgan fingerprint density at radius 3 is 2.12 bits per heavy atom. The Hall–Kier alpha value is -4.23. The molecule has 1 aromatic heterocycles. The minimum atomic E-state index is -0.956. The zero-order chi connectivity index (χ0) is 23.1. The average molecular weight is 460 g/mol. The molecule has 1 aliphatic heterocycles. The van der Waals surface area contributed by atoms with Gasteiger partial charge >= 0.3 is 5.97 Å². The van der Waals surface area contributed by atoms with Gasteiger partial charge in [0.2, 0.25) is 11.2 Å². The monoisotopic (exact) mass is 459 g/mol. The lowest BCUT2D eigenvalue weighted by Crippen LogP contribution is -2.37. The van der Waals surface area contributed by atoms with Crippen molar-refractivity contribution in [3.05, 3.63) is 99.2 Å². The summed E-state index contributed by atoms with van der Waals surface area (Å²) in [6.07, 6.45) is 0. The molecular formula is C25H14ClNO6. The Labute approximate surface area is 191 Å². The van der Waals surface area contributed by atoms with Crippen molar-refractivity contribution in [1.29, 1.82) is 0 Å². The number of hydrogen-bond donors (Lipinski definition) is 0. The van der Waals surface area contributed by atoms with Crippen LogP contribution >= 0.6 is 11.6 Å². The van der Waals surface area contributed by atoms with Crippen LogP contribution in [-0.2, 0) is 4.79 Å². The zero-order valence-electron chi connectivity index (χ0n) is 16.9. The van der Waals surface area contributed by atoms with Gasteiger partial charge in [-0.3, -0.25) is 19.3 Å². The van der Waals surface area contributed by atoms with E-state index in [1.165, 1.54) is 12.1 Å². The van der Waals surface area contributed by atoms with Crippen LogP contribution in [0, 0.1) is 0 Å². The maximum Gasteiger partial charge on any atom is 0.331 e. The highest BCUT2D eigenvalue weighted by atomic mass is 35.5. The van der Waals surface area contributed by atoms with Gasteiger partial charge in [-0.25, -0.2) is 4.79 Å². The number of halogens is 1. The molecule has 7 nitrogen and oxygen atoms in total. The molecular weight excluding hydrogens is 446 g/mol. The highest BCUT2D eigenvalue weighted by molar-refractivity contribution is 6.30. The topological polar surface area (TPSA) is 93.9 Å². The zero-order valence-corrected chi connectivity index (χ0v) is 17.7. The lowest BCUT2D eigenvalue weighted by molar-refractivity contribution is -0.134. The van der Waals surface area contributed by atoms with Crippen molar-refractivity contribution in [2.45, 2.75) is 0 Å². The van der Waals surface area contributed by atoms with Gasteiger partial charge in [0.05, 0.1) is 16.5 Å². The Kier molecular flexibility index (Phi) is 5.03. The van der Waals surface area contributed by atoms with Crippen molar-refractivity contribution in [2.75, 3.05) is 6.54 Å². The number of ether oxygens (including phenoxy) is 1. The minimum Gasteiger partial charge on any atom is -0.452 e. The van der Waals surface area contributed by atoms with Gasteiger partial charge < -0.3 is 9.15 Å². The van der Waals surface area contributed by atoms with E-state index in [0.29, 0.717) is 16.2 Å². The first kappa shape index (κ1) is 20.7. The van der Waals surface area contributed by atoms with Gasteiger partial charge in [0.15, 0.2) is 5.76 Å². The Balaban J connectivity index is 1.51. The summed E-state index contributed by atoms with van der Waals surface area (Å²) in [5.74, 6) is -2.46. The number of imide groups is 1. The summed E-state index contributed by atoms with van der Waals surface area (Å²) in [6.45, 7) is -0.654. The number of nitrogens with zero attached hydrogens (tertiary/aromatic N) is 1. The maximum atomic E-state index is 13.2. The van der Waals surface area contributed by atoms with Crippen LogP contribution < -0.4 is 10.2 Å². The normalized spacial score (nSPS) is 12.8. The van der Waals surface area contributed by atoms with E-state index in [1.807, 2.05) is 0 Å². The fourth-order valence-corrected chi connectivity index (χ4v) is 3.79. The van der Waals surface area contributed by atoms with E-state index in [4.69, 9.17) is 20.8 Å². The fourth-order valence-electron chi connectivity index (χ4n) is 3.67. The van der Waals surface area contributed by atoms with Crippen LogP contribution in [0.15, 0.2) is 82.0 Å². The molecule has 162 valence electrons. The second kappa shape index (κ2) is 8.03. The lowest BCUT2D eigenvalue weighted by Gasteiger charge is -2.14. The maximum absolute atomic E-state index is 13.2. The van der Waals surface area contributed by atoms with E-state index in [1.54, 1.807) is 60.7 Å². The molecule has 0 unspecified atom stereocenters. The van der Waals surface area contributed by atoms with Crippen LogP contribution in [0.5, 0.6) is 5.75 Å². The molecule has 0 aliphatic carbocycles. The van der Waals surface area contributed by atoms with Crippen LogP contribution in [0.2, 0.25) is 5.02 Å². The Bertz CT molecular complexity index is 1470. The molecule has 4 aromatic rings. The van der Waals surface area contributed by atoms with Crippen LogP contribution in [0.25, 0.3) is 22.3 Å². The molecule has 3 aromatic carbocycles. The molecule has 0 fully saturated rings. The first-order chi connectivity index (χ1) is 15.9. The van der Waals surface area contributed by atoms with Crippen molar-refractivity contribution in [3.8, 4) is 17.1 Å². The molecule has 1 aliphatic rings. The molecule has 8 heteroatoms. The van der Waals surface area contributed by atoms with E-state index in [0.717, 1.165) is 4.90 Å². The highest BCUT2D eigenvalue weighted by Gasteiger charge is 2.37. The van der Waals surface area contributed by atoms with Crippen molar-refractivity contribution < 1.29 is 23.5 Å². The van der Waals surface area contributed by atoms with E-state index < -0.39 is 29.8 Å². The van der Waals surface area contributed by atoms with Crippen LogP contribution in [0.3, 0.4) is 0 Å². The van der Waals surface area contributed by atoms with E-state index >= 15 is 0 Å². The highest BCUT2D eigenvalue weighted by Crippen LogP contribution is 2.32. The summed E-state index contributed by atoms with van der Waals surface area (Å²) in [5.41, 5.74) is 0.639.